The van der Waals surface area contributed by atoms with Gasteiger partial charge < -0.3 is 10.8 Å². The van der Waals surface area contributed by atoms with Crippen molar-refractivity contribution in [3.63, 3.8) is 0 Å². The molecule has 0 spiro atoms. The van der Waals surface area contributed by atoms with Gasteiger partial charge in [0.15, 0.2) is 0 Å². The molecule has 1 aromatic carbocycles. The van der Waals surface area contributed by atoms with Crippen molar-refractivity contribution in [1.82, 2.24) is 0 Å². The SMILES string of the molecule is N[C@H]1CCCc2cc(Cl)ccc2[C@@H]1O. The van der Waals surface area contributed by atoms with Crippen LogP contribution in [0.5, 0.6) is 0 Å². The molecule has 2 rings (SSSR count). The first-order chi connectivity index (χ1) is 6.68. The summed E-state index contributed by atoms with van der Waals surface area (Å²) >= 11 is 5.90. The van der Waals surface area contributed by atoms with Gasteiger partial charge in [0.25, 0.3) is 0 Å². The molecule has 1 aromatic rings. The number of fused-ring (bicyclic) bond motifs is 1. The van der Waals surface area contributed by atoms with E-state index in [0.29, 0.717) is 0 Å². The Balaban J connectivity index is 2.43. The van der Waals surface area contributed by atoms with E-state index in [-0.39, 0.29) is 6.04 Å². The molecule has 0 unspecified atom stereocenters. The number of aliphatic hydroxyl groups excluding tert-OH is 1. The number of halogens is 1. The maximum absolute atomic E-state index is 9.93. The number of aryl methyl sites for hydroxylation is 1. The highest BCUT2D eigenvalue weighted by Gasteiger charge is 2.22. The molecule has 1 aliphatic carbocycles. The molecule has 14 heavy (non-hydrogen) atoms. The second-order valence-corrected chi connectivity index (χ2v) is 4.28. The van der Waals surface area contributed by atoms with E-state index in [1.165, 1.54) is 0 Å². The maximum Gasteiger partial charge on any atom is 0.0943 e. The minimum absolute atomic E-state index is 0.141. The molecule has 3 N–H and O–H groups in total. The standard InChI is InChI=1S/C11H14ClNO/c12-8-4-5-9-7(6-8)2-1-3-10(13)11(9)14/h4-6,10-11,14H,1-3,13H2/t10-,11-/m0/s1. The van der Waals surface area contributed by atoms with Gasteiger partial charge in [0, 0.05) is 11.1 Å². The fourth-order valence-corrected chi connectivity index (χ4v) is 2.19. The van der Waals surface area contributed by atoms with Crippen LogP contribution in [-0.2, 0) is 6.42 Å². The second-order valence-electron chi connectivity index (χ2n) is 3.84. The van der Waals surface area contributed by atoms with Crippen LogP contribution in [0.2, 0.25) is 5.02 Å². The monoisotopic (exact) mass is 211 g/mol. The molecule has 0 bridgehead atoms. The van der Waals surface area contributed by atoms with Crippen molar-refractivity contribution in [2.45, 2.75) is 31.4 Å². The summed E-state index contributed by atoms with van der Waals surface area (Å²) in [5.74, 6) is 0. The zero-order valence-electron chi connectivity index (χ0n) is 7.91. The van der Waals surface area contributed by atoms with Gasteiger partial charge in [-0.25, -0.2) is 0 Å². The Morgan fingerprint density at radius 3 is 3.00 bits per heavy atom. The molecule has 0 heterocycles. The number of benzene rings is 1. The van der Waals surface area contributed by atoms with Gasteiger partial charge in [-0.15, -0.1) is 0 Å². The lowest BCUT2D eigenvalue weighted by molar-refractivity contribution is 0.144. The van der Waals surface area contributed by atoms with Crippen LogP contribution in [0.1, 0.15) is 30.1 Å². The number of hydrogen-bond donors (Lipinski definition) is 2. The van der Waals surface area contributed by atoms with Gasteiger partial charge in [-0.3, -0.25) is 0 Å². The fraction of sp³-hybridized carbons (Fsp3) is 0.455. The molecular formula is C11H14ClNO. The van der Waals surface area contributed by atoms with Gasteiger partial charge in [-0.1, -0.05) is 17.7 Å². The van der Waals surface area contributed by atoms with Crippen molar-refractivity contribution in [2.75, 3.05) is 0 Å². The second kappa shape index (κ2) is 3.89. The summed E-state index contributed by atoms with van der Waals surface area (Å²) in [5, 5.41) is 10.7. The van der Waals surface area contributed by atoms with Crippen LogP contribution in [0.3, 0.4) is 0 Å². The first-order valence-corrected chi connectivity index (χ1v) is 5.28. The molecule has 2 atom stereocenters. The predicted molar refractivity (Wildman–Crippen MR) is 57.3 cm³/mol. The van der Waals surface area contributed by atoms with Crippen LogP contribution in [0.25, 0.3) is 0 Å². The molecule has 2 nitrogen and oxygen atoms in total. The third-order valence-electron chi connectivity index (χ3n) is 2.81. The Morgan fingerprint density at radius 2 is 2.21 bits per heavy atom. The summed E-state index contributed by atoms with van der Waals surface area (Å²) in [5.41, 5.74) is 7.93. The van der Waals surface area contributed by atoms with Crippen LogP contribution in [0.15, 0.2) is 18.2 Å². The third-order valence-corrected chi connectivity index (χ3v) is 3.05. The molecule has 0 saturated carbocycles. The third kappa shape index (κ3) is 1.78. The van der Waals surface area contributed by atoms with Crippen molar-refractivity contribution in [3.05, 3.63) is 34.3 Å². The van der Waals surface area contributed by atoms with Crippen molar-refractivity contribution in [1.29, 1.82) is 0 Å². The molecular weight excluding hydrogens is 198 g/mol. The van der Waals surface area contributed by atoms with E-state index < -0.39 is 6.10 Å². The van der Waals surface area contributed by atoms with Gasteiger partial charge in [-0.2, -0.15) is 0 Å². The molecule has 0 saturated heterocycles. The van der Waals surface area contributed by atoms with Gasteiger partial charge in [0.1, 0.15) is 0 Å². The number of nitrogens with two attached hydrogens (primary N) is 1. The maximum atomic E-state index is 9.93. The number of rotatable bonds is 0. The first kappa shape index (κ1) is 9.97. The zero-order valence-corrected chi connectivity index (χ0v) is 8.67. The van der Waals surface area contributed by atoms with E-state index in [2.05, 4.69) is 0 Å². The minimum atomic E-state index is -0.537. The van der Waals surface area contributed by atoms with Crippen molar-refractivity contribution >= 4 is 11.6 Å². The van der Waals surface area contributed by atoms with Gasteiger partial charge in [0.2, 0.25) is 0 Å². The normalized spacial score (nSPS) is 26.8. The quantitative estimate of drug-likeness (QED) is 0.646. The molecule has 0 aromatic heterocycles. The van der Waals surface area contributed by atoms with Crippen LogP contribution in [0.4, 0.5) is 0 Å². The van der Waals surface area contributed by atoms with Gasteiger partial charge in [-0.05, 0) is 42.5 Å². The molecule has 0 amide bonds. The van der Waals surface area contributed by atoms with Crippen LogP contribution >= 0.6 is 11.6 Å². The van der Waals surface area contributed by atoms with Crippen molar-refractivity contribution < 1.29 is 5.11 Å². The fourth-order valence-electron chi connectivity index (χ4n) is 2.00. The molecule has 76 valence electrons. The Kier molecular flexibility index (Phi) is 2.77. The molecule has 0 aliphatic heterocycles. The lowest BCUT2D eigenvalue weighted by Gasteiger charge is -2.17. The highest BCUT2D eigenvalue weighted by atomic mass is 35.5. The lowest BCUT2D eigenvalue weighted by Crippen LogP contribution is -2.27. The summed E-state index contributed by atoms with van der Waals surface area (Å²) < 4.78 is 0. The summed E-state index contributed by atoms with van der Waals surface area (Å²) in [7, 11) is 0. The van der Waals surface area contributed by atoms with Crippen LogP contribution in [-0.4, -0.2) is 11.1 Å². The first-order valence-electron chi connectivity index (χ1n) is 4.90. The van der Waals surface area contributed by atoms with Gasteiger partial charge in [0.05, 0.1) is 6.10 Å². The highest BCUT2D eigenvalue weighted by Crippen LogP contribution is 2.29. The smallest absolute Gasteiger partial charge is 0.0943 e. The summed E-state index contributed by atoms with van der Waals surface area (Å²) in [6.45, 7) is 0. The Labute approximate surface area is 88.7 Å². The van der Waals surface area contributed by atoms with E-state index in [9.17, 15) is 5.11 Å². The predicted octanol–water partition coefficient (Wildman–Crippen LogP) is 2.04. The largest absolute Gasteiger partial charge is 0.387 e. The van der Waals surface area contributed by atoms with Crippen molar-refractivity contribution in [2.24, 2.45) is 5.73 Å². The Morgan fingerprint density at radius 1 is 1.43 bits per heavy atom. The molecule has 1 aliphatic rings. The number of hydrogen-bond acceptors (Lipinski definition) is 2. The number of aliphatic hydroxyl groups is 1. The molecule has 0 radical (unpaired) electrons. The van der Waals surface area contributed by atoms with E-state index in [0.717, 1.165) is 35.4 Å². The van der Waals surface area contributed by atoms with E-state index in [1.807, 2.05) is 18.2 Å². The lowest BCUT2D eigenvalue weighted by atomic mass is 9.99. The van der Waals surface area contributed by atoms with E-state index >= 15 is 0 Å². The Hall–Kier alpha value is -0.570. The zero-order chi connectivity index (χ0) is 10.1. The Bertz CT molecular complexity index is 340. The summed E-state index contributed by atoms with van der Waals surface area (Å²) in [6.07, 6.45) is 2.31. The van der Waals surface area contributed by atoms with Crippen LogP contribution in [0, 0.1) is 0 Å². The summed E-state index contributed by atoms with van der Waals surface area (Å²) in [6, 6.07) is 5.48. The molecule has 3 heteroatoms. The highest BCUT2D eigenvalue weighted by molar-refractivity contribution is 6.30. The average molecular weight is 212 g/mol. The summed E-state index contributed by atoms with van der Waals surface area (Å²) in [4.78, 5) is 0. The molecule has 0 fully saturated rings. The van der Waals surface area contributed by atoms with Crippen LogP contribution < -0.4 is 5.73 Å². The average Bonchev–Trinajstić information content (AvgIpc) is 2.28. The minimum Gasteiger partial charge on any atom is -0.387 e. The van der Waals surface area contributed by atoms with E-state index in [4.69, 9.17) is 17.3 Å². The topological polar surface area (TPSA) is 46.2 Å². The van der Waals surface area contributed by atoms with Gasteiger partial charge >= 0.3 is 0 Å². The van der Waals surface area contributed by atoms with Crippen molar-refractivity contribution in [3.8, 4) is 0 Å². The van der Waals surface area contributed by atoms with E-state index in [1.54, 1.807) is 0 Å².